The second-order valence-electron chi connectivity index (χ2n) is 5.30. The first-order valence-electron chi connectivity index (χ1n) is 6.04. The van der Waals surface area contributed by atoms with Crippen LogP contribution >= 0.6 is 0 Å². The number of nitrogens with one attached hydrogen (secondary N) is 1. The number of piperidine rings is 1. The molecule has 2 unspecified atom stereocenters. The third-order valence-electron chi connectivity index (χ3n) is 4.24. The molecule has 1 N–H and O–H groups in total. The maximum atomic E-state index is 11.6. The van der Waals surface area contributed by atoms with Crippen LogP contribution in [0.5, 0.6) is 0 Å². The highest BCUT2D eigenvalue weighted by Gasteiger charge is 2.46. The van der Waals surface area contributed by atoms with Gasteiger partial charge in [0.05, 0.1) is 0 Å². The monoisotopic (exact) mass is 215 g/mol. The zero-order chi connectivity index (χ0) is 11.2. The fourth-order valence-corrected chi connectivity index (χ4v) is 3.18. The van der Waals surface area contributed by atoms with Gasteiger partial charge in [-0.2, -0.15) is 0 Å². The van der Waals surface area contributed by atoms with Gasteiger partial charge in [0.25, 0.3) is 0 Å². The van der Waals surface area contributed by atoms with E-state index in [9.17, 15) is 4.79 Å². The van der Waals surface area contributed by atoms with Gasteiger partial charge in [-0.1, -0.05) is 29.8 Å². The Balaban J connectivity index is 1.95. The van der Waals surface area contributed by atoms with Gasteiger partial charge in [-0.05, 0) is 31.7 Å². The minimum absolute atomic E-state index is 0.228. The fraction of sp³-hybridized carbons (Fsp3) is 0.500. The van der Waals surface area contributed by atoms with Crippen LogP contribution in [0.25, 0.3) is 0 Å². The normalized spacial score (nSPS) is 32.6. The van der Waals surface area contributed by atoms with Crippen LogP contribution in [0.3, 0.4) is 0 Å². The number of aryl methyl sites for hydroxylation is 1. The van der Waals surface area contributed by atoms with E-state index in [1.807, 2.05) is 0 Å². The smallest absolute Gasteiger partial charge is 0.223 e. The average Bonchev–Trinajstić information content (AvgIpc) is 2.66. The maximum Gasteiger partial charge on any atom is 0.223 e. The lowest BCUT2D eigenvalue weighted by molar-refractivity contribution is -0.126. The highest BCUT2D eigenvalue weighted by molar-refractivity contribution is 5.80. The molecule has 2 bridgehead atoms. The van der Waals surface area contributed by atoms with Crippen LogP contribution in [0.1, 0.15) is 30.4 Å². The molecule has 1 saturated carbocycles. The van der Waals surface area contributed by atoms with E-state index < -0.39 is 0 Å². The van der Waals surface area contributed by atoms with Crippen LogP contribution < -0.4 is 5.32 Å². The van der Waals surface area contributed by atoms with Crippen LogP contribution in [-0.4, -0.2) is 12.5 Å². The molecule has 2 aliphatic rings. The van der Waals surface area contributed by atoms with Crippen LogP contribution in [0.2, 0.25) is 0 Å². The van der Waals surface area contributed by atoms with Crippen molar-refractivity contribution >= 4 is 5.91 Å². The molecule has 0 radical (unpaired) electrons. The summed E-state index contributed by atoms with van der Waals surface area (Å²) in [4.78, 5) is 11.6. The highest BCUT2D eigenvalue weighted by Crippen LogP contribution is 2.46. The first-order chi connectivity index (χ1) is 7.70. The second-order valence-corrected chi connectivity index (χ2v) is 5.30. The zero-order valence-corrected chi connectivity index (χ0v) is 9.62. The predicted octanol–water partition coefficient (Wildman–Crippen LogP) is 2.16. The molecular formula is C14H17NO. The molecule has 1 aliphatic carbocycles. The quantitative estimate of drug-likeness (QED) is 0.764. The van der Waals surface area contributed by atoms with Crippen LogP contribution in [0, 0.1) is 12.8 Å². The number of benzene rings is 1. The Morgan fingerprint density at radius 1 is 1.31 bits per heavy atom. The largest absolute Gasteiger partial charge is 0.355 e. The van der Waals surface area contributed by atoms with Gasteiger partial charge in [0, 0.05) is 17.9 Å². The van der Waals surface area contributed by atoms with E-state index in [2.05, 4.69) is 36.5 Å². The molecule has 2 heteroatoms. The SMILES string of the molecule is Cc1ccc(C23CCC(C2)C(=O)NC3)cc1. The van der Waals surface area contributed by atoms with E-state index in [-0.39, 0.29) is 17.2 Å². The number of rotatable bonds is 1. The average molecular weight is 215 g/mol. The summed E-state index contributed by atoms with van der Waals surface area (Å²) in [7, 11) is 0. The third-order valence-corrected chi connectivity index (χ3v) is 4.24. The van der Waals surface area contributed by atoms with Crippen molar-refractivity contribution in [2.24, 2.45) is 5.92 Å². The minimum Gasteiger partial charge on any atom is -0.355 e. The molecule has 0 spiro atoms. The van der Waals surface area contributed by atoms with Crippen molar-refractivity contribution in [2.45, 2.75) is 31.6 Å². The van der Waals surface area contributed by atoms with E-state index in [1.54, 1.807) is 0 Å². The van der Waals surface area contributed by atoms with Crippen molar-refractivity contribution in [2.75, 3.05) is 6.54 Å². The van der Waals surface area contributed by atoms with Crippen LogP contribution in [0.15, 0.2) is 24.3 Å². The van der Waals surface area contributed by atoms with Gasteiger partial charge in [0.1, 0.15) is 0 Å². The van der Waals surface area contributed by atoms with Gasteiger partial charge in [0.15, 0.2) is 0 Å². The molecule has 1 aromatic rings. The van der Waals surface area contributed by atoms with Crippen molar-refractivity contribution in [3.8, 4) is 0 Å². The predicted molar refractivity (Wildman–Crippen MR) is 63.2 cm³/mol. The van der Waals surface area contributed by atoms with Crippen molar-refractivity contribution in [1.82, 2.24) is 5.32 Å². The second kappa shape index (κ2) is 3.34. The van der Waals surface area contributed by atoms with Crippen molar-refractivity contribution < 1.29 is 4.79 Å². The first-order valence-corrected chi connectivity index (χ1v) is 6.04. The van der Waals surface area contributed by atoms with Crippen LogP contribution in [0.4, 0.5) is 0 Å². The highest BCUT2D eigenvalue weighted by atomic mass is 16.2. The van der Waals surface area contributed by atoms with Gasteiger partial charge in [-0.25, -0.2) is 0 Å². The summed E-state index contributed by atoms with van der Waals surface area (Å²) in [6.45, 7) is 2.94. The Kier molecular flexibility index (Phi) is 2.06. The topological polar surface area (TPSA) is 29.1 Å². The molecule has 1 amide bonds. The van der Waals surface area contributed by atoms with Gasteiger partial charge < -0.3 is 5.32 Å². The number of hydrogen-bond donors (Lipinski definition) is 1. The summed E-state index contributed by atoms with van der Waals surface area (Å²) < 4.78 is 0. The van der Waals surface area contributed by atoms with E-state index in [0.29, 0.717) is 0 Å². The molecule has 16 heavy (non-hydrogen) atoms. The van der Waals surface area contributed by atoms with Crippen LogP contribution in [-0.2, 0) is 10.2 Å². The summed E-state index contributed by atoms with van der Waals surface area (Å²) in [5.41, 5.74) is 2.93. The van der Waals surface area contributed by atoms with Crippen molar-refractivity contribution in [3.05, 3.63) is 35.4 Å². The summed E-state index contributed by atoms with van der Waals surface area (Å²) in [5.74, 6) is 0.523. The Morgan fingerprint density at radius 3 is 2.81 bits per heavy atom. The summed E-state index contributed by atoms with van der Waals surface area (Å²) in [6.07, 6.45) is 3.25. The Bertz CT molecular complexity index is 423. The summed E-state index contributed by atoms with van der Waals surface area (Å²) in [6, 6.07) is 8.81. The molecule has 2 fully saturated rings. The maximum absolute atomic E-state index is 11.6. The zero-order valence-electron chi connectivity index (χ0n) is 9.62. The van der Waals surface area contributed by atoms with E-state index >= 15 is 0 Å². The molecule has 1 aliphatic heterocycles. The van der Waals surface area contributed by atoms with Gasteiger partial charge in [-0.3, -0.25) is 4.79 Å². The first kappa shape index (κ1) is 9.88. The minimum atomic E-state index is 0.228. The number of fused-ring (bicyclic) bond motifs is 2. The number of hydrogen-bond acceptors (Lipinski definition) is 1. The Morgan fingerprint density at radius 2 is 2.06 bits per heavy atom. The van der Waals surface area contributed by atoms with E-state index in [4.69, 9.17) is 0 Å². The van der Waals surface area contributed by atoms with Gasteiger partial charge in [-0.15, -0.1) is 0 Å². The lowest BCUT2D eigenvalue weighted by Gasteiger charge is -2.34. The third kappa shape index (κ3) is 1.36. The lowest BCUT2D eigenvalue weighted by atomic mass is 9.76. The Labute approximate surface area is 96.1 Å². The summed E-state index contributed by atoms with van der Waals surface area (Å²) in [5, 5.41) is 3.06. The number of carbonyl (C=O) groups excluding carboxylic acids is 1. The Hall–Kier alpha value is -1.31. The number of carbonyl (C=O) groups is 1. The standard InChI is InChI=1S/C14H17NO/c1-10-2-4-12(5-3-10)14-7-6-11(8-14)13(16)15-9-14/h2-5,11H,6-9H2,1H3,(H,15,16). The molecule has 1 aromatic carbocycles. The molecular weight excluding hydrogens is 198 g/mol. The molecule has 0 aromatic heterocycles. The van der Waals surface area contributed by atoms with Crippen molar-refractivity contribution in [3.63, 3.8) is 0 Å². The molecule has 2 atom stereocenters. The van der Waals surface area contributed by atoms with E-state index in [1.165, 1.54) is 11.1 Å². The van der Waals surface area contributed by atoms with E-state index in [0.717, 1.165) is 25.8 Å². The molecule has 1 heterocycles. The lowest BCUT2D eigenvalue weighted by Crippen LogP contribution is -2.45. The molecule has 2 nitrogen and oxygen atoms in total. The molecule has 1 saturated heterocycles. The number of amides is 1. The molecule has 84 valence electrons. The molecule has 3 rings (SSSR count). The van der Waals surface area contributed by atoms with Gasteiger partial charge >= 0.3 is 0 Å². The summed E-state index contributed by atoms with van der Waals surface area (Å²) >= 11 is 0. The van der Waals surface area contributed by atoms with Gasteiger partial charge in [0.2, 0.25) is 5.91 Å². The van der Waals surface area contributed by atoms with Crippen molar-refractivity contribution in [1.29, 1.82) is 0 Å². The fourth-order valence-electron chi connectivity index (χ4n) is 3.18.